The molecule has 1 aromatic carbocycles. The van der Waals surface area contributed by atoms with E-state index in [2.05, 4.69) is 10.0 Å². The first-order chi connectivity index (χ1) is 16.6. The molecule has 3 N–H and O–H groups in total. The number of piperidine rings is 1. The smallest absolute Gasteiger partial charge is 0.243 e. The van der Waals surface area contributed by atoms with Crippen molar-refractivity contribution in [2.24, 2.45) is 0 Å². The van der Waals surface area contributed by atoms with Gasteiger partial charge in [-0.2, -0.15) is 15.6 Å². The van der Waals surface area contributed by atoms with Gasteiger partial charge in [0.2, 0.25) is 20.0 Å². The Morgan fingerprint density at radius 3 is 2.69 bits per heavy atom. The second-order valence-electron chi connectivity index (χ2n) is 8.81. The number of aliphatic hydroxyl groups is 1. The molecule has 10 nitrogen and oxygen atoms in total. The third kappa shape index (κ3) is 6.23. The van der Waals surface area contributed by atoms with Gasteiger partial charge in [0.05, 0.1) is 22.0 Å². The summed E-state index contributed by atoms with van der Waals surface area (Å²) in [5, 5.41) is 17.1. The van der Waals surface area contributed by atoms with E-state index >= 15 is 0 Å². The van der Waals surface area contributed by atoms with Gasteiger partial charge in [-0.05, 0) is 49.9 Å². The molecule has 0 radical (unpaired) electrons. The number of ether oxygens (including phenoxy) is 2. The number of aliphatic hydroxyl groups excluding tert-OH is 1. The molecule has 13 heteroatoms. The molecule has 3 heterocycles. The molecular formula is C22H31N3O7S3. The number of benzene rings is 1. The highest BCUT2D eigenvalue weighted by Crippen LogP contribution is 2.37. The van der Waals surface area contributed by atoms with Crippen LogP contribution in [0.15, 0.2) is 50.9 Å². The molecule has 4 rings (SSSR count). The van der Waals surface area contributed by atoms with E-state index in [-0.39, 0.29) is 29.7 Å². The lowest BCUT2D eigenvalue weighted by Gasteiger charge is -2.37. The summed E-state index contributed by atoms with van der Waals surface area (Å²) in [7, 11) is -5.69. The van der Waals surface area contributed by atoms with Crippen molar-refractivity contribution in [3.8, 4) is 5.75 Å². The van der Waals surface area contributed by atoms with Crippen molar-refractivity contribution in [3.63, 3.8) is 0 Å². The molecule has 2 aromatic rings. The molecule has 2 atom stereocenters. The molecule has 2 aliphatic heterocycles. The summed E-state index contributed by atoms with van der Waals surface area (Å²) in [5.74, 6) is 0.354. The van der Waals surface area contributed by atoms with Gasteiger partial charge >= 0.3 is 0 Å². The molecule has 1 unspecified atom stereocenters. The predicted octanol–water partition coefficient (Wildman–Crippen LogP) is 0.998. The van der Waals surface area contributed by atoms with E-state index in [0.29, 0.717) is 43.2 Å². The van der Waals surface area contributed by atoms with E-state index in [1.165, 1.54) is 34.8 Å². The van der Waals surface area contributed by atoms with Gasteiger partial charge in [-0.1, -0.05) is 6.07 Å². The highest BCUT2D eigenvalue weighted by Gasteiger charge is 2.44. The van der Waals surface area contributed by atoms with Gasteiger partial charge < -0.3 is 19.9 Å². The molecule has 0 bridgehead atoms. The topological polar surface area (TPSA) is 134 Å². The van der Waals surface area contributed by atoms with Crippen molar-refractivity contribution in [3.05, 3.63) is 41.1 Å². The Bertz CT molecular complexity index is 1190. The molecule has 1 spiro atoms. The third-order valence-corrected chi connectivity index (χ3v) is 10.6. The van der Waals surface area contributed by atoms with E-state index in [9.17, 15) is 21.9 Å². The molecule has 1 aromatic heterocycles. The largest absolute Gasteiger partial charge is 0.491 e. The lowest BCUT2D eigenvalue weighted by atomic mass is 9.88. The average molecular weight is 546 g/mol. The fourth-order valence-corrected chi connectivity index (χ4v) is 7.63. The van der Waals surface area contributed by atoms with Gasteiger partial charge in [-0.25, -0.2) is 21.6 Å². The quantitative estimate of drug-likeness (QED) is 0.403. The first-order valence-corrected chi connectivity index (χ1v) is 15.2. The van der Waals surface area contributed by atoms with Crippen LogP contribution in [0.25, 0.3) is 0 Å². The van der Waals surface area contributed by atoms with Gasteiger partial charge in [-0.15, -0.1) is 0 Å². The van der Waals surface area contributed by atoms with E-state index in [4.69, 9.17) is 9.47 Å². The van der Waals surface area contributed by atoms with Crippen molar-refractivity contribution < 1.29 is 31.4 Å². The van der Waals surface area contributed by atoms with Crippen molar-refractivity contribution in [1.82, 2.24) is 14.3 Å². The van der Waals surface area contributed by atoms with Crippen molar-refractivity contribution >= 4 is 31.4 Å². The minimum absolute atomic E-state index is 0.00414. The molecular weight excluding hydrogens is 514 g/mol. The zero-order chi connectivity index (χ0) is 25.1. The van der Waals surface area contributed by atoms with Crippen LogP contribution in [0.2, 0.25) is 0 Å². The van der Waals surface area contributed by atoms with Crippen molar-refractivity contribution in [1.29, 1.82) is 0 Å². The van der Waals surface area contributed by atoms with Crippen LogP contribution in [0.1, 0.15) is 19.3 Å². The van der Waals surface area contributed by atoms with Gasteiger partial charge in [0.25, 0.3) is 0 Å². The third-order valence-electron chi connectivity index (χ3n) is 6.44. The second kappa shape index (κ2) is 10.8. The highest BCUT2D eigenvalue weighted by atomic mass is 32.2. The van der Waals surface area contributed by atoms with Crippen LogP contribution >= 0.6 is 11.3 Å². The van der Waals surface area contributed by atoms with Crippen LogP contribution in [0, 0.1) is 0 Å². The zero-order valence-electron chi connectivity index (χ0n) is 19.4. The van der Waals surface area contributed by atoms with Crippen LogP contribution < -0.4 is 14.8 Å². The number of nitrogens with one attached hydrogen (secondary N) is 2. The van der Waals surface area contributed by atoms with E-state index < -0.39 is 26.2 Å². The number of sulfonamides is 2. The first kappa shape index (κ1) is 26.5. The Morgan fingerprint density at radius 2 is 2.00 bits per heavy atom. The first-order valence-electron chi connectivity index (χ1n) is 11.4. The lowest BCUT2D eigenvalue weighted by Crippen LogP contribution is -2.47. The molecule has 0 saturated carbocycles. The molecule has 35 heavy (non-hydrogen) atoms. The van der Waals surface area contributed by atoms with Crippen LogP contribution in [0.5, 0.6) is 5.75 Å². The van der Waals surface area contributed by atoms with E-state index in [1.54, 1.807) is 29.0 Å². The number of nitrogens with zero attached hydrogens (tertiary/aromatic N) is 1. The predicted molar refractivity (Wildman–Crippen MR) is 132 cm³/mol. The molecule has 2 aliphatic rings. The summed E-state index contributed by atoms with van der Waals surface area (Å²) >= 11 is 1.37. The standard InChI is InChI=1S/C22H31N3O7S3/c1-23-34(27,28)20-4-2-3-19(11-20)31-15-18(26)13-24-17-12-22(32-14-17)6-8-25(9-7-22)35(29,30)21-5-10-33-16-21/h2-5,10-11,16-18,23-24,26H,6-9,12-15H2,1H3/t17?,18-/m0/s1. The van der Waals surface area contributed by atoms with Gasteiger partial charge in [0, 0.05) is 37.1 Å². The van der Waals surface area contributed by atoms with E-state index in [1.807, 2.05) is 0 Å². The maximum atomic E-state index is 12.7. The summed E-state index contributed by atoms with van der Waals surface area (Å²) in [6.07, 6.45) is 1.21. The van der Waals surface area contributed by atoms with Crippen LogP contribution in [0.3, 0.4) is 0 Å². The fraction of sp³-hybridized carbons (Fsp3) is 0.545. The average Bonchev–Trinajstić information content (AvgIpc) is 3.53. The Hall–Kier alpha value is -1.58. The molecule has 194 valence electrons. The Labute approximate surface area is 210 Å². The SMILES string of the molecule is CNS(=O)(=O)c1cccc(OC[C@@H](O)CNC2COC3(CCN(S(=O)(=O)c4ccsc4)CC3)C2)c1. The molecule has 2 fully saturated rings. The van der Waals surface area contributed by atoms with E-state index in [0.717, 1.165) is 6.42 Å². The summed E-state index contributed by atoms with van der Waals surface area (Å²) < 4.78 is 64.8. The Morgan fingerprint density at radius 1 is 1.23 bits per heavy atom. The van der Waals surface area contributed by atoms with Gasteiger partial charge in [0.15, 0.2) is 0 Å². The summed E-state index contributed by atoms with van der Waals surface area (Å²) in [6, 6.07) is 7.77. The maximum absolute atomic E-state index is 12.7. The number of rotatable bonds is 10. The van der Waals surface area contributed by atoms with Crippen LogP contribution in [-0.2, 0) is 24.8 Å². The van der Waals surface area contributed by atoms with Crippen molar-refractivity contribution in [2.45, 2.75) is 46.8 Å². The molecule has 0 aliphatic carbocycles. The number of hydrogen-bond acceptors (Lipinski definition) is 9. The monoisotopic (exact) mass is 545 g/mol. The fourth-order valence-electron chi connectivity index (χ4n) is 4.41. The highest BCUT2D eigenvalue weighted by molar-refractivity contribution is 7.89. The summed E-state index contributed by atoms with van der Waals surface area (Å²) in [5.41, 5.74) is -0.348. The minimum atomic E-state index is -3.57. The summed E-state index contributed by atoms with van der Waals surface area (Å²) in [6.45, 7) is 1.63. The van der Waals surface area contributed by atoms with Crippen molar-refractivity contribution in [2.75, 3.05) is 39.9 Å². The molecule has 2 saturated heterocycles. The van der Waals surface area contributed by atoms with Crippen LogP contribution in [0.4, 0.5) is 0 Å². The maximum Gasteiger partial charge on any atom is 0.243 e. The normalized spacial score (nSPS) is 21.8. The lowest BCUT2D eigenvalue weighted by molar-refractivity contribution is -0.0312. The minimum Gasteiger partial charge on any atom is -0.491 e. The zero-order valence-corrected chi connectivity index (χ0v) is 21.9. The Kier molecular flexibility index (Phi) is 8.18. The number of thiophene rings is 1. The number of hydrogen-bond donors (Lipinski definition) is 3. The Balaban J connectivity index is 1.21. The second-order valence-corrected chi connectivity index (χ2v) is 13.4. The molecule has 0 amide bonds. The van der Waals surface area contributed by atoms with Gasteiger partial charge in [0.1, 0.15) is 18.5 Å². The van der Waals surface area contributed by atoms with Crippen LogP contribution in [-0.4, -0.2) is 83.9 Å². The van der Waals surface area contributed by atoms with Gasteiger partial charge in [-0.3, -0.25) is 0 Å². The summed E-state index contributed by atoms with van der Waals surface area (Å²) in [4.78, 5) is 0.435.